The van der Waals surface area contributed by atoms with E-state index in [1.54, 1.807) is 4.90 Å². The Labute approximate surface area is 84.1 Å². The number of morpholine rings is 1. The molecule has 0 aromatic carbocycles. The molecule has 0 aromatic rings. The number of hydrogen-bond acceptors (Lipinski definition) is 4. The predicted octanol–water partition coefficient (Wildman–Crippen LogP) is -0.793. The number of carbonyl (C=O) groups excluding carboxylic acids is 1. The zero-order chi connectivity index (χ0) is 10.6. The van der Waals surface area contributed by atoms with Crippen molar-refractivity contribution in [2.75, 3.05) is 33.4 Å². The van der Waals surface area contributed by atoms with E-state index in [-0.39, 0.29) is 24.7 Å². The van der Waals surface area contributed by atoms with Gasteiger partial charge >= 0.3 is 0 Å². The molecule has 5 nitrogen and oxygen atoms in total. The normalized spacial score (nSPS) is 27.8. The smallest absolute Gasteiger partial charge is 0.248 e. The maximum absolute atomic E-state index is 11.6. The Morgan fingerprint density at radius 2 is 2.43 bits per heavy atom. The summed E-state index contributed by atoms with van der Waals surface area (Å²) in [6.45, 7) is 3.66. The second kappa shape index (κ2) is 5.29. The van der Waals surface area contributed by atoms with Crippen molar-refractivity contribution in [2.45, 2.75) is 19.1 Å². The zero-order valence-electron chi connectivity index (χ0n) is 8.73. The lowest BCUT2D eigenvalue weighted by Crippen LogP contribution is -2.53. The van der Waals surface area contributed by atoms with Crippen LogP contribution in [-0.2, 0) is 14.3 Å². The summed E-state index contributed by atoms with van der Waals surface area (Å²) >= 11 is 0. The Morgan fingerprint density at radius 1 is 1.71 bits per heavy atom. The van der Waals surface area contributed by atoms with Crippen molar-refractivity contribution in [1.82, 2.24) is 4.90 Å². The number of nitrogens with zero attached hydrogens (tertiary/aromatic N) is 1. The standard InChI is InChI=1S/C9H18N2O3/c1-7-5-14-8(3-10)4-11(7)9(12)6-13-2/h7-8H,3-6,10H2,1-2H3. The van der Waals surface area contributed by atoms with Gasteiger partial charge in [-0.2, -0.15) is 0 Å². The molecule has 1 amide bonds. The molecule has 1 saturated heterocycles. The van der Waals surface area contributed by atoms with Gasteiger partial charge < -0.3 is 20.1 Å². The lowest BCUT2D eigenvalue weighted by atomic mass is 10.2. The Hall–Kier alpha value is -0.650. The molecule has 2 N–H and O–H groups in total. The van der Waals surface area contributed by atoms with Crippen LogP contribution in [0.25, 0.3) is 0 Å². The molecule has 2 unspecified atom stereocenters. The van der Waals surface area contributed by atoms with Crippen molar-refractivity contribution in [1.29, 1.82) is 0 Å². The average Bonchev–Trinajstić information content (AvgIpc) is 2.19. The number of rotatable bonds is 3. The van der Waals surface area contributed by atoms with E-state index in [4.69, 9.17) is 15.2 Å². The van der Waals surface area contributed by atoms with Crippen molar-refractivity contribution < 1.29 is 14.3 Å². The Kier molecular flexibility index (Phi) is 4.31. The van der Waals surface area contributed by atoms with E-state index in [2.05, 4.69) is 0 Å². The van der Waals surface area contributed by atoms with Gasteiger partial charge in [-0.05, 0) is 6.92 Å². The Bertz CT molecular complexity index is 198. The van der Waals surface area contributed by atoms with E-state index in [0.717, 1.165) is 0 Å². The minimum atomic E-state index is -0.0352. The number of ether oxygens (including phenoxy) is 2. The van der Waals surface area contributed by atoms with E-state index in [1.165, 1.54) is 7.11 Å². The maximum atomic E-state index is 11.6. The number of hydrogen-bond donors (Lipinski definition) is 1. The Balaban J connectivity index is 2.51. The van der Waals surface area contributed by atoms with E-state index < -0.39 is 0 Å². The Morgan fingerprint density at radius 3 is 3.00 bits per heavy atom. The molecule has 1 aliphatic heterocycles. The molecule has 5 heteroatoms. The molecular formula is C9H18N2O3. The monoisotopic (exact) mass is 202 g/mol. The van der Waals surface area contributed by atoms with Gasteiger partial charge in [0.05, 0.1) is 18.8 Å². The van der Waals surface area contributed by atoms with Crippen LogP contribution in [0, 0.1) is 0 Å². The summed E-state index contributed by atoms with van der Waals surface area (Å²) in [7, 11) is 1.52. The topological polar surface area (TPSA) is 64.8 Å². The van der Waals surface area contributed by atoms with Gasteiger partial charge in [-0.25, -0.2) is 0 Å². The summed E-state index contributed by atoms with van der Waals surface area (Å²) < 4.78 is 10.2. The molecule has 0 aromatic heterocycles. The summed E-state index contributed by atoms with van der Waals surface area (Å²) in [4.78, 5) is 13.3. The van der Waals surface area contributed by atoms with E-state index in [9.17, 15) is 4.79 Å². The molecule has 2 atom stereocenters. The van der Waals surface area contributed by atoms with Gasteiger partial charge in [0, 0.05) is 20.2 Å². The van der Waals surface area contributed by atoms with Crippen LogP contribution in [0.3, 0.4) is 0 Å². The van der Waals surface area contributed by atoms with E-state index in [0.29, 0.717) is 19.7 Å². The maximum Gasteiger partial charge on any atom is 0.248 e. The molecule has 82 valence electrons. The number of methoxy groups -OCH3 is 1. The van der Waals surface area contributed by atoms with Gasteiger partial charge in [-0.15, -0.1) is 0 Å². The zero-order valence-corrected chi connectivity index (χ0v) is 8.73. The van der Waals surface area contributed by atoms with Crippen LogP contribution < -0.4 is 5.73 Å². The fourth-order valence-electron chi connectivity index (χ4n) is 1.51. The molecule has 0 aliphatic carbocycles. The van der Waals surface area contributed by atoms with Crippen LogP contribution in [0.15, 0.2) is 0 Å². The van der Waals surface area contributed by atoms with Gasteiger partial charge in [-0.3, -0.25) is 4.79 Å². The van der Waals surface area contributed by atoms with Crippen LogP contribution in [0.4, 0.5) is 0 Å². The third-order valence-corrected chi connectivity index (χ3v) is 2.36. The summed E-state index contributed by atoms with van der Waals surface area (Å²) in [5.74, 6) is 0.00162. The second-order valence-corrected chi connectivity index (χ2v) is 3.52. The number of amides is 1. The molecule has 1 heterocycles. The molecule has 1 rings (SSSR count). The largest absolute Gasteiger partial charge is 0.375 e. The van der Waals surface area contributed by atoms with E-state index >= 15 is 0 Å². The van der Waals surface area contributed by atoms with Crippen molar-refractivity contribution in [3.63, 3.8) is 0 Å². The van der Waals surface area contributed by atoms with Crippen molar-refractivity contribution in [3.05, 3.63) is 0 Å². The highest BCUT2D eigenvalue weighted by atomic mass is 16.5. The first-order valence-electron chi connectivity index (χ1n) is 4.79. The SMILES string of the molecule is COCC(=O)N1CC(CN)OCC1C. The second-order valence-electron chi connectivity index (χ2n) is 3.52. The summed E-state index contributed by atoms with van der Waals surface area (Å²) in [5.41, 5.74) is 5.49. The molecule has 0 saturated carbocycles. The molecule has 1 fully saturated rings. The van der Waals surface area contributed by atoms with E-state index in [1.807, 2.05) is 6.92 Å². The molecule has 1 aliphatic rings. The average molecular weight is 202 g/mol. The summed E-state index contributed by atoms with van der Waals surface area (Å²) in [6.07, 6.45) is -0.0352. The third kappa shape index (κ3) is 2.67. The third-order valence-electron chi connectivity index (χ3n) is 2.36. The quantitative estimate of drug-likeness (QED) is 0.651. The first kappa shape index (κ1) is 11.4. The highest BCUT2D eigenvalue weighted by Crippen LogP contribution is 2.11. The summed E-state index contributed by atoms with van der Waals surface area (Å²) in [6, 6.07) is 0.112. The van der Waals surface area contributed by atoms with Crippen molar-refractivity contribution in [3.8, 4) is 0 Å². The van der Waals surface area contributed by atoms with Crippen LogP contribution in [0.2, 0.25) is 0 Å². The fraction of sp³-hybridized carbons (Fsp3) is 0.889. The molecule has 0 bridgehead atoms. The molecule has 0 spiro atoms. The lowest BCUT2D eigenvalue weighted by molar-refractivity contribution is -0.147. The number of nitrogens with two attached hydrogens (primary N) is 1. The van der Waals surface area contributed by atoms with Crippen LogP contribution in [0.5, 0.6) is 0 Å². The van der Waals surface area contributed by atoms with Crippen LogP contribution in [0.1, 0.15) is 6.92 Å². The minimum absolute atomic E-state index is 0.00162. The lowest BCUT2D eigenvalue weighted by Gasteiger charge is -2.37. The highest BCUT2D eigenvalue weighted by molar-refractivity contribution is 5.77. The highest BCUT2D eigenvalue weighted by Gasteiger charge is 2.28. The minimum Gasteiger partial charge on any atom is -0.375 e. The van der Waals surface area contributed by atoms with Crippen molar-refractivity contribution in [2.24, 2.45) is 5.73 Å². The van der Waals surface area contributed by atoms with Gasteiger partial charge in [0.25, 0.3) is 0 Å². The number of carbonyl (C=O) groups is 1. The van der Waals surface area contributed by atoms with Crippen LogP contribution >= 0.6 is 0 Å². The molecular weight excluding hydrogens is 184 g/mol. The molecule has 14 heavy (non-hydrogen) atoms. The van der Waals surface area contributed by atoms with Crippen LogP contribution in [-0.4, -0.2) is 56.4 Å². The van der Waals surface area contributed by atoms with Gasteiger partial charge in [0.1, 0.15) is 6.61 Å². The van der Waals surface area contributed by atoms with Gasteiger partial charge in [0.15, 0.2) is 0 Å². The predicted molar refractivity (Wildman–Crippen MR) is 51.8 cm³/mol. The summed E-state index contributed by atoms with van der Waals surface area (Å²) in [5, 5.41) is 0. The van der Waals surface area contributed by atoms with Gasteiger partial charge in [0.2, 0.25) is 5.91 Å². The molecule has 0 radical (unpaired) electrons. The first-order chi connectivity index (χ1) is 6.69. The first-order valence-corrected chi connectivity index (χ1v) is 4.79. The fourth-order valence-corrected chi connectivity index (χ4v) is 1.51. The van der Waals surface area contributed by atoms with Gasteiger partial charge in [-0.1, -0.05) is 0 Å². The van der Waals surface area contributed by atoms with Crippen molar-refractivity contribution >= 4 is 5.91 Å².